The normalized spacial score (nSPS) is 17.7. The number of aryl methyl sites for hydroxylation is 1. The smallest absolute Gasteiger partial charge is 0.227 e. The summed E-state index contributed by atoms with van der Waals surface area (Å²) in [6.45, 7) is 0. The van der Waals surface area contributed by atoms with E-state index in [0.29, 0.717) is 18.2 Å². The molecule has 2 aromatic rings. The van der Waals surface area contributed by atoms with E-state index in [4.69, 9.17) is 16.1 Å². The second kappa shape index (κ2) is 5.33. The molecule has 0 aliphatic heterocycles. The molecule has 1 aliphatic rings. The second-order valence-corrected chi connectivity index (χ2v) is 5.48. The third kappa shape index (κ3) is 2.27. The summed E-state index contributed by atoms with van der Waals surface area (Å²) in [5.74, 6) is 1.99. The summed E-state index contributed by atoms with van der Waals surface area (Å²) >= 11 is 5.73. The molecule has 100 valence electrons. The van der Waals surface area contributed by atoms with Crippen LogP contribution < -0.4 is 0 Å². The minimum Gasteiger partial charge on any atom is -0.339 e. The van der Waals surface area contributed by atoms with Crippen LogP contribution >= 0.6 is 11.6 Å². The Morgan fingerprint density at radius 3 is 2.58 bits per heavy atom. The zero-order valence-electron chi connectivity index (χ0n) is 10.8. The van der Waals surface area contributed by atoms with Crippen molar-refractivity contribution in [2.24, 2.45) is 0 Å². The summed E-state index contributed by atoms with van der Waals surface area (Å²) in [5, 5.41) is 4.22. The van der Waals surface area contributed by atoms with Crippen LogP contribution in [-0.2, 0) is 11.8 Å². The fraction of sp³-hybridized carbons (Fsp3) is 0.467. The molecule has 0 saturated heterocycles. The van der Waals surface area contributed by atoms with Crippen LogP contribution in [0.5, 0.6) is 0 Å². The van der Waals surface area contributed by atoms with E-state index in [1.165, 1.54) is 18.4 Å². The number of nitrogens with zero attached hydrogens (tertiary/aromatic N) is 2. The molecule has 1 saturated carbocycles. The monoisotopic (exact) mass is 276 g/mol. The summed E-state index contributed by atoms with van der Waals surface area (Å²) in [4.78, 5) is 4.57. The van der Waals surface area contributed by atoms with Crippen LogP contribution in [-0.4, -0.2) is 16.0 Å². The molecule has 3 rings (SSSR count). The average molecular weight is 277 g/mol. The molecule has 1 heterocycles. The molecule has 4 heteroatoms. The van der Waals surface area contributed by atoms with Crippen LogP contribution in [0.1, 0.15) is 43.0 Å². The lowest BCUT2D eigenvalue weighted by Gasteiger charge is -2.25. The van der Waals surface area contributed by atoms with Crippen molar-refractivity contribution < 1.29 is 4.52 Å². The number of benzene rings is 1. The largest absolute Gasteiger partial charge is 0.339 e. The Kier molecular flexibility index (Phi) is 3.56. The minimum atomic E-state index is -0.0602. The molecule has 1 aromatic heterocycles. The van der Waals surface area contributed by atoms with E-state index in [0.717, 1.165) is 18.7 Å². The van der Waals surface area contributed by atoms with Gasteiger partial charge in [0.1, 0.15) is 0 Å². The highest BCUT2D eigenvalue weighted by molar-refractivity contribution is 6.17. The first-order valence-corrected chi connectivity index (χ1v) is 7.33. The fourth-order valence-electron chi connectivity index (χ4n) is 3.01. The van der Waals surface area contributed by atoms with Gasteiger partial charge in [0.05, 0.1) is 5.41 Å². The Hall–Kier alpha value is -1.35. The lowest BCUT2D eigenvalue weighted by molar-refractivity contribution is 0.363. The topological polar surface area (TPSA) is 38.9 Å². The SMILES string of the molecule is ClCCc1nc(C2(c3ccccc3)CCCC2)no1. The van der Waals surface area contributed by atoms with E-state index < -0.39 is 0 Å². The first-order valence-electron chi connectivity index (χ1n) is 6.80. The summed E-state index contributed by atoms with van der Waals surface area (Å²) < 4.78 is 5.32. The summed E-state index contributed by atoms with van der Waals surface area (Å²) in [5.41, 5.74) is 1.24. The van der Waals surface area contributed by atoms with Gasteiger partial charge in [-0.3, -0.25) is 0 Å². The van der Waals surface area contributed by atoms with E-state index in [1.54, 1.807) is 0 Å². The molecule has 0 radical (unpaired) electrons. The van der Waals surface area contributed by atoms with Crippen LogP contribution in [0.15, 0.2) is 34.9 Å². The molecule has 1 aliphatic carbocycles. The Morgan fingerprint density at radius 2 is 1.89 bits per heavy atom. The summed E-state index contributed by atoms with van der Waals surface area (Å²) in [6, 6.07) is 10.5. The maximum Gasteiger partial charge on any atom is 0.227 e. The van der Waals surface area contributed by atoms with Gasteiger partial charge >= 0.3 is 0 Å². The van der Waals surface area contributed by atoms with Crippen molar-refractivity contribution in [2.45, 2.75) is 37.5 Å². The van der Waals surface area contributed by atoms with Crippen molar-refractivity contribution in [3.8, 4) is 0 Å². The van der Waals surface area contributed by atoms with Crippen molar-refractivity contribution >= 4 is 11.6 Å². The maximum absolute atomic E-state index is 5.73. The number of aromatic nitrogens is 2. The zero-order chi connectivity index (χ0) is 13.1. The van der Waals surface area contributed by atoms with Crippen LogP contribution in [0.2, 0.25) is 0 Å². The van der Waals surface area contributed by atoms with Crippen molar-refractivity contribution in [3.05, 3.63) is 47.6 Å². The summed E-state index contributed by atoms with van der Waals surface area (Å²) in [7, 11) is 0. The summed E-state index contributed by atoms with van der Waals surface area (Å²) in [6.07, 6.45) is 5.26. The van der Waals surface area contributed by atoms with E-state index in [9.17, 15) is 0 Å². The molecule has 0 bridgehead atoms. The first-order chi connectivity index (χ1) is 9.35. The van der Waals surface area contributed by atoms with Crippen LogP contribution in [0.25, 0.3) is 0 Å². The third-order valence-electron chi connectivity index (χ3n) is 3.99. The van der Waals surface area contributed by atoms with Gasteiger partial charge in [-0.1, -0.05) is 48.3 Å². The number of halogens is 1. The molecule has 1 aromatic carbocycles. The lowest BCUT2D eigenvalue weighted by atomic mass is 9.78. The molecular weight excluding hydrogens is 260 g/mol. The lowest BCUT2D eigenvalue weighted by Crippen LogP contribution is -2.25. The van der Waals surface area contributed by atoms with Gasteiger partial charge in [-0.05, 0) is 18.4 Å². The highest BCUT2D eigenvalue weighted by Gasteiger charge is 2.41. The second-order valence-electron chi connectivity index (χ2n) is 5.11. The highest BCUT2D eigenvalue weighted by Crippen LogP contribution is 2.45. The number of rotatable bonds is 4. The van der Waals surface area contributed by atoms with Crippen LogP contribution in [0.3, 0.4) is 0 Å². The fourth-order valence-corrected chi connectivity index (χ4v) is 3.17. The Balaban J connectivity index is 2.00. The zero-order valence-corrected chi connectivity index (χ0v) is 11.6. The van der Waals surface area contributed by atoms with Crippen molar-refractivity contribution in [1.82, 2.24) is 10.1 Å². The Bertz CT molecular complexity index is 532. The average Bonchev–Trinajstić information content (AvgIpc) is 3.09. The van der Waals surface area contributed by atoms with Crippen molar-refractivity contribution in [3.63, 3.8) is 0 Å². The highest BCUT2D eigenvalue weighted by atomic mass is 35.5. The molecule has 0 amide bonds. The van der Waals surface area contributed by atoms with Gasteiger partial charge < -0.3 is 4.52 Å². The predicted molar refractivity (Wildman–Crippen MR) is 74.4 cm³/mol. The molecular formula is C15H17ClN2O. The number of hydrogen-bond acceptors (Lipinski definition) is 3. The minimum absolute atomic E-state index is 0.0602. The van der Waals surface area contributed by atoms with Gasteiger partial charge in [0.2, 0.25) is 5.89 Å². The molecule has 0 unspecified atom stereocenters. The molecule has 3 nitrogen and oxygen atoms in total. The van der Waals surface area contributed by atoms with Gasteiger partial charge in [0.15, 0.2) is 5.82 Å². The van der Waals surface area contributed by atoms with Gasteiger partial charge in [0.25, 0.3) is 0 Å². The van der Waals surface area contributed by atoms with Crippen molar-refractivity contribution in [1.29, 1.82) is 0 Å². The Morgan fingerprint density at radius 1 is 1.16 bits per heavy atom. The predicted octanol–water partition coefficient (Wildman–Crippen LogP) is 3.71. The van der Waals surface area contributed by atoms with E-state index >= 15 is 0 Å². The first kappa shape index (κ1) is 12.7. The number of alkyl halides is 1. The quantitative estimate of drug-likeness (QED) is 0.799. The maximum atomic E-state index is 5.73. The molecule has 0 spiro atoms. The number of hydrogen-bond donors (Lipinski definition) is 0. The molecule has 1 fully saturated rings. The van der Waals surface area contributed by atoms with Gasteiger partial charge in [-0.25, -0.2) is 0 Å². The molecule has 0 N–H and O–H groups in total. The van der Waals surface area contributed by atoms with Crippen molar-refractivity contribution in [2.75, 3.05) is 5.88 Å². The van der Waals surface area contributed by atoms with Crippen LogP contribution in [0.4, 0.5) is 0 Å². The van der Waals surface area contributed by atoms with Gasteiger partial charge in [-0.2, -0.15) is 4.98 Å². The van der Waals surface area contributed by atoms with Gasteiger partial charge in [-0.15, -0.1) is 11.6 Å². The Labute approximate surface area is 118 Å². The van der Waals surface area contributed by atoms with Crippen LogP contribution in [0, 0.1) is 0 Å². The standard InChI is InChI=1S/C15H17ClN2O/c16-11-8-13-17-14(18-19-13)15(9-4-5-10-15)12-6-2-1-3-7-12/h1-3,6-7H,4-5,8-11H2. The van der Waals surface area contributed by atoms with E-state index in [2.05, 4.69) is 34.4 Å². The third-order valence-corrected chi connectivity index (χ3v) is 4.18. The van der Waals surface area contributed by atoms with E-state index in [-0.39, 0.29) is 5.41 Å². The van der Waals surface area contributed by atoms with E-state index in [1.807, 2.05) is 6.07 Å². The molecule has 0 atom stereocenters. The van der Waals surface area contributed by atoms with Gasteiger partial charge in [0, 0.05) is 12.3 Å². The molecule has 19 heavy (non-hydrogen) atoms.